The van der Waals surface area contributed by atoms with E-state index in [1.165, 1.54) is 0 Å². The fourth-order valence-corrected chi connectivity index (χ4v) is 2.68. The molecule has 2 aromatic carbocycles. The molecule has 0 aromatic heterocycles. The standard InChI is InChI=1S/C16H9N3/c17-19-14-7-3-4-10-8-9-12-11-5-1-2-6-13(11)18-16(12)15(10)14/h1-9H. The minimum absolute atomic E-state index is 0.561. The minimum atomic E-state index is 0.561. The fourth-order valence-electron chi connectivity index (χ4n) is 2.68. The summed E-state index contributed by atoms with van der Waals surface area (Å²) in [6.07, 6.45) is 5.68. The molecule has 88 valence electrons. The molecule has 0 saturated heterocycles. The number of rotatable bonds is 0. The average molecular weight is 243 g/mol. The Labute approximate surface area is 108 Å². The van der Waals surface area contributed by atoms with Crippen molar-refractivity contribution in [3.63, 3.8) is 0 Å². The predicted molar refractivity (Wildman–Crippen MR) is 72.3 cm³/mol. The molecule has 2 aliphatic rings. The topological polar surface area (TPSA) is 48.8 Å². The molecule has 3 nitrogen and oxygen atoms in total. The third-order valence-electron chi connectivity index (χ3n) is 3.53. The Morgan fingerprint density at radius 2 is 1.89 bits per heavy atom. The molecule has 0 atom stereocenters. The SMILES string of the molecule is [N-]=[N+]=C1C=CC=c2ccc3c(c21)N=c1ccccc1=3. The van der Waals surface area contributed by atoms with Crippen LogP contribution in [0.15, 0.2) is 53.5 Å². The highest BCUT2D eigenvalue weighted by atomic mass is 14.9. The molecule has 4 rings (SSSR count). The molecule has 19 heavy (non-hydrogen) atoms. The molecule has 0 radical (unpaired) electrons. The van der Waals surface area contributed by atoms with Crippen molar-refractivity contribution in [2.24, 2.45) is 4.99 Å². The van der Waals surface area contributed by atoms with E-state index in [0.29, 0.717) is 5.71 Å². The van der Waals surface area contributed by atoms with E-state index < -0.39 is 0 Å². The Morgan fingerprint density at radius 3 is 2.79 bits per heavy atom. The van der Waals surface area contributed by atoms with Gasteiger partial charge < -0.3 is 5.53 Å². The average Bonchev–Trinajstić information content (AvgIpc) is 2.85. The van der Waals surface area contributed by atoms with E-state index in [9.17, 15) is 0 Å². The van der Waals surface area contributed by atoms with E-state index in [1.54, 1.807) is 6.08 Å². The van der Waals surface area contributed by atoms with Crippen LogP contribution in [0.25, 0.3) is 11.6 Å². The lowest BCUT2D eigenvalue weighted by molar-refractivity contribution is -0.00219. The molecule has 2 aromatic rings. The molecule has 1 heterocycles. The molecule has 0 saturated carbocycles. The van der Waals surface area contributed by atoms with Crippen LogP contribution < -0.4 is 10.6 Å². The molecule has 0 amide bonds. The van der Waals surface area contributed by atoms with Crippen LogP contribution >= 0.6 is 0 Å². The first kappa shape index (κ1) is 10.2. The number of hydrogen-bond acceptors (Lipinski definition) is 1. The van der Waals surface area contributed by atoms with E-state index in [0.717, 1.165) is 32.3 Å². The molecule has 0 unspecified atom stereocenters. The van der Waals surface area contributed by atoms with Crippen LogP contribution in [0.4, 0.5) is 5.69 Å². The number of hydrogen-bond donors (Lipinski definition) is 0. The lowest BCUT2D eigenvalue weighted by Gasteiger charge is -2.02. The summed E-state index contributed by atoms with van der Waals surface area (Å²) in [5, 5.41) is 4.23. The molecular weight excluding hydrogens is 234 g/mol. The molecule has 1 aliphatic carbocycles. The Kier molecular flexibility index (Phi) is 1.93. The number of para-hydroxylation sites is 1. The van der Waals surface area contributed by atoms with Crippen molar-refractivity contribution in [3.8, 4) is 0 Å². The quantitative estimate of drug-likeness (QED) is 0.425. The van der Waals surface area contributed by atoms with Gasteiger partial charge in [0.1, 0.15) is 0 Å². The van der Waals surface area contributed by atoms with Gasteiger partial charge in [-0.15, -0.1) is 0 Å². The van der Waals surface area contributed by atoms with Gasteiger partial charge in [-0.1, -0.05) is 42.5 Å². The Morgan fingerprint density at radius 1 is 1.00 bits per heavy atom. The summed E-state index contributed by atoms with van der Waals surface area (Å²) in [7, 11) is 0. The second kappa shape index (κ2) is 3.61. The van der Waals surface area contributed by atoms with Gasteiger partial charge in [0, 0.05) is 16.5 Å². The van der Waals surface area contributed by atoms with E-state index in [1.807, 2.05) is 36.4 Å². The Hall–Kier alpha value is -2.77. The summed E-state index contributed by atoms with van der Waals surface area (Å²) in [6, 6.07) is 12.2. The van der Waals surface area contributed by atoms with Crippen molar-refractivity contribution in [1.82, 2.24) is 0 Å². The molecule has 0 spiro atoms. The van der Waals surface area contributed by atoms with Gasteiger partial charge in [0.25, 0.3) is 0 Å². The van der Waals surface area contributed by atoms with Crippen molar-refractivity contribution >= 4 is 17.5 Å². The zero-order chi connectivity index (χ0) is 12.8. The molecular formula is C16H9N3. The Balaban J connectivity index is 2.30. The van der Waals surface area contributed by atoms with Crippen molar-refractivity contribution in [2.75, 3.05) is 0 Å². The van der Waals surface area contributed by atoms with Gasteiger partial charge >= 0.3 is 5.71 Å². The van der Waals surface area contributed by atoms with E-state index in [4.69, 9.17) is 5.53 Å². The summed E-state index contributed by atoms with van der Waals surface area (Å²) in [4.78, 5) is 8.06. The highest BCUT2D eigenvalue weighted by molar-refractivity contribution is 6.10. The first-order valence-corrected chi connectivity index (χ1v) is 6.10. The van der Waals surface area contributed by atoms with Gasteiger partial charge in [-0.3, -0.25) is 0 Å². The van der Waals surface area contributed by atoms with Crippen LogP contribution in [0, 0.1) is 10.4 Å². The highest BCUT2D eigenvalue weighted by Crippen LogP contribution is 2.22. The van der Waals surface area contributed by atoms with Gasteiger partial charge in [-0.2, -0.15) is 4.79 Å². The normalized spacial score (nSPS) is 13.8. The molecule has 3 heteroatoms. The summed E-state index contributed by atoms with van der Waals surface area (Å²) in [5.41, 5.74) is 11.5. The summed E-state index contributed by atoms with van der Waals surface area (Å²) in [6.45, 7) is 0. The van der Waals surface area contributed by atoms with Crippen molar-refractivity contribution in [3.05, 3.63) is 80.7 Å². The third-order valence-corrected chi connectivity index (χ3v) is 3.53. The molecule has 0 bridgehead atoms. The van der Waals surface area contributed by atoms with Crippen molar-refractivity contribution in [2.45, 2.75) is 0 Å². The first-order valence-electron chi connectivity index (χ1n) is 6.10. The fraction of sp³-hybridized carbons (Fsp3) is 0. The predicted octanol–water partition coefficient (Wildman–Crippen LogP) is 1.61. The first-order chi connectivity index (χ1) is 9.38. The Bertz CT molecular complexity index is 1010. The zero-order valence-corrected chi connectivity index (χ0v) is 10.0. The molecule has 0 fully saturated rings. The highest BCUT2D eigenvalue weighted by Gasteiger charge is 2.20. The van der Waals surface area contributed by atoms with Gasteiger partial charge in [0.15, 0.2) is 0 Å². The van der Waals surface area contributed by atoms with Gasteiger partial charge in [-0.25, -0.2) is 4.99 Å². The lowest BCUT2D eigenvalue weighted by atomic mass is 9.99. The third kappa shape index (κ3) is 1.30. The number of nitrogens with zero attached hydrogens (tertiary/aromatic N) is 3. The number of fused-ring (bicyclic) bond motifs is 4. The maximum Gasteiger partial charge on any atom is 0.325 e. The largest absolute Gasteiger partial charge is 0.361 e. The number of benzene rings is 2. The molecule has 1 aliphatic heterocycles. The maximum atomic E-state index is 9.17. The minimum Gasteiger partial charge on any atom is -0.361 e. The zero-order valence-electron chi connectivity index (χ0n) is 10.0. The van der Waals surface area contributed by atoms with Crippen LogP contribution in [-0.4, -0.2) is 10.5 Å². The van der Waals surface area contributed by atoms with Crippen LogP contribution in [-0.2, 0) is 0 Å². The van der Waals surface area contributed by atoms with Gasteiger partial charge in [-0.05, 0) is 11.3 Å². The lowest BCUT2D eigenvalue weighted by Crippen LogP contribution is -2.17. The summed E-state index contributed by atoms with van der Waals surface area (Å²) in [5.74, 6) is 0. The van der Waals surface area contributed by atoms with E-state index >= 15 is 0 Å². The van der Waals surface area contributed by atoms with Crippen molar-refractivity contribution < 1.29 is 4.79 Å². The monoisotopic (exact) mass is 243 g/mol. The maximum absolute atomic E-state index is 9.17. The number of allylic oxidation sites excluding steroid dienone is 2. The van der Waals surface area contributed by atoms with Gasteiger partial charge in [0.05, 0.1) is 16.6 Å². The second-order valence-corrected chi connectivity index (χ2v) is 4.57. The second-order valence-electron chi connectivity index (χ2n) is 4.57. The summed E-state index contributed by atoms with van der Waals surface area (Å²) >= 11 is 0. The van der Waals surface area contributed by atoms with Crippen molar-refractivity contribution in [1.29, 1.82) is 0 Å². The van der Waals surface area contributed by atoms with Gasteiger partial charge in [0.2, 0.25) is 0 Å². The van der Waals surface area contributed by atoms with Crippen LogP contribution in [0.1, 0.15) is 5.56 Å². The van der Waals surface area contributed by atoms with E-state index in [2.05, 4.69) is 21.9 Å². The van der Waals surface area contributed by atoms with Crippen LogP contribution in [0.5, 0.6) is 0 Å². The van der Waals surface area contributed by atoms with Crippen LogP contribution in [0.2, 0.25) is 0 Å². The summed E-state index contributed by atoms with van der Waals surface area (Å²) < 4.78 is 0. The smallest absolute Gasteiger partial charge is 0.325 e. The molecule has 0 N–H and O–H groups in total. The van der Waals surface area contributed by atoms with E-state index in [-0.39, 0.29) is 0 Å². The van der Waals surface area contributed by atoms with Crippen LogP contribution in [0.3, 0.4) is 0 Å².